The van der Waals surface area contributed by atoms with Gasteiger partial charge in [0, 0.05) is 19.4 Å². The van der Waals surface area contributed by atoms with Crippen LogP contribution >= 0.6 is 0 Å². The molecule has 0 bridgehead atoms. The number of nitrogens with one attached hydrogen (secondary N) is 1. The van der Waals surface area contributed by atoms with Crippen molar-refractivity contribution >= 4 is 10.0 Å². The summed E-state index contributed by atoms with van der Waals surface area (Å²) in [6.07, 6.45) is -1.93. The third-order valence-electron chi connectivity index (χ3n) is 1.94. The lowest BCUT2D eigenvalue weighted by Gasteiger charge is -2.16. The van der Waals surface area contributed by atoms with Crippen molar-refractivity contribution in [2.24, 2.45) is 7.05 Å². The Morgan fingerprint density at radius 2 is 2.00 bits per heavy atom. The number of aryl methyl sites for hydroxylation is 1. The highest BCUT2D eigenvalue weighted by Gasteiger charge is 2.38. The van der Waals surface area contributed by atoms with Gasteiger partial charge in [-0.2, -0.15) is 17.9 Å². The van der Waals surface area contributed by atoms with E-state index in [1.165, 1.54) is 23.0 Å². The van der Waals surface area contributed by atoms with Gasteiger partial charge in [-0.05, 0) is 13.0 Å². The van der Waals surface area contributed by atoms with Gasteiger partial charge in [-0.1, -0.05) is 0 Å². The molecular formula is C8H11F3N2O2S. The van der Waals surface area contributed by atoms with E-state index < -0.39 is 22.2 Å². The van der Waals surface area contributed by atoms with Crippen molar-refractivity contribution in [1.29, 1.82) is 0 Å². The average molecular weight is 256 g/mol. The molecule has 0 saturated heterocycles. The molecule has 1 aromatic rings. The molecule has 1 rings (SSSR count). The van der Waals surface area contributed by atoms with Gasteiger partial charge in [0.25, 0.3) is 0 Å². The van der Waals surface area contributed by atoms with Crippen LogP contribution in [0.2, 0.25) is 0 Å². The third-order valence-corrected chi connectivity index (χ3v) is 3.46. The molecule has 8 heteroatoms. The lowest BCUT2D eigenvalue weighted by atomic mass is 10.4. The molecule has 0 aliphatic rings. The van der Waals surface area contributed by atoms with Gasteiger partial charge < -0.3 is 4.57 Å². The van der Waals surface area contributed by atoms with Crippen LogP contribution in [-0.4, -0.2) is 25.2 Å². The van der Waals surface area contributed by atoms with Gasteiger partial charge in [0.05, 0.1) is 4.90 Å². The number of rotatable bonds is 3. The predicted octanol–water partition coefficient (Wildman–Crippen LogP) is 1.25. The van der Waals surface area contributed by atoms with Crippen LogP contribution in [0.15, 0.2) is 23.4 Å². The van der Waals surface area contributed by atoms with Crippen LogP contribution in [0.4, 0.5) is 13.2 Å². The van der Waals surface area contributed by atoms with Gasteiger partial charge in [0.15, 0.2) is 0 Å². The zero-order chi connectivity index (χ0) is 12.6. The van der Waals surface area contributed by atoms with E-state index in [-0.39, 0.29) is 4.90 Å². The summed E-state index contributed by atoms with van der Waals surface area (Å²) in [5.41, 5.74) is 0. The van der Waals surface area contributed by atoms with E-state index in [0.717, 1.165) is 6.92 Å². The topological polar surface area (TPSA) is 51.1 Å². The molecule has 4 nitrogen and oxygen atoms in total. The maximum Gasteiger partial charge on any atom is 0.404 e. The molecule has 16 heavy (non-hydrogen) atoms. The van der Waals surface area contributed by atoms with Crippen molar-refractivity contribution in [2.75, 3.05) is 0 Å². The molecule has 1 heterocycles. The summed E-state index contributed by atoms with van der Waals surface area (Å²) in [7, 11) is -2.54. The minimum Gasteiger partial charge on any atom is -0.356 e. The van der Waals surface area contributed by atoms with E-state index in [0.29, 0.717) is 0 Å². The molecule has 0 aromatic carbocycles. The van der Waals surface area contributed by atoms with E-state index in [9.17, 15) is 21.6 Å². The molecule has 0 aliphatic carbocycles. The van der Waals surface area contributed by atoms with Crippen LogP contribution < -0.4 is 4.72 Å². The van der Waals surface area contributed by atoms with E-state index in [1.54, 1.807) is 11.8 Å². The van der Waals surface area contributed by atoms with Crippen LogP contribution in [0.5, 0.6) is 0 Å². The smallest absolute Gasteiger partial charge is 0.356 e. The fourth-order valence-electron chi connectivity index (χ4n) is 1.00. The highest BCUT2D eigenvalue weighted by atomic mass is 32.2. The number of hydrogen-bond acceptors (Lipinski definition) is 2. The molecule has 1 N–H and O–H groups in total. The summed E-state index contributed by atoms with van der Waals surface area (Å²) < 4.78 is 62.5. The Morgan fingerprint density at radius 3 is 2.38 bits per heavy atom. The Labute approximate surface area is 91.1 Å². The summed E-state index contributed by atoms with van der Waals surface area (Å²) in [5.74, 6) is 0. The van der Waals surface area contributed by atoms with Gasteiger partial charge >= 0.3 is 6.18 Å². The van der Waals surface area contributed by atoms with Crippen molar-refractivity contribution in [3.63, 3.8) is 0 Å². The highest BCUT2D eigenvalue weighted by Crippen LogP contribution is 2.21. The Balaban J connectivity index is 2.89. The van der Waals surface area contributed by atoms with Gasteiger partial charge in [0.1, 0.15) is 6.04 Å². The van der Waals surface area contributed by atoms with Crippen molar-refractivity contribution in [1.82, 2.24) is 9.29 Å². The molecule has 0 amide bonds. The first-order chi connectivity index (χ1) is 7.13. The number of nitrogens with zero attached hydrogens (tertiary/aromatic N) is 1. The van der Waals surface area contributed by atoms with Crippen molar-refractivity contribution < 1.29 is 21.6 Å². The van der Waals surface area contributed by atoms with Gasteiger partial charge in [-0.15, -0.1) is 0 Å². The van der Waals surface area contributed by atoms with E-state index >= 15 is 0 Å². The molecule has 0 radical (unpaired) electrons. The third kappa shape index (κ3) is 2.99. The van der Waals surface area contributed by atoms with Crippen molar-refractivity contribution in [2.45, 2.75) is 24.0 Å². The largest absolute Gasteiger partial charge is 0.404 e. The molecule has 0 unspecified atom stereocenters. The van der Waals surface area contributed by atoms with Crippen LogP contribution in [0, 0.1) is 0 Å². The second-order valence-electron chi connectivity index (χ2n) is 3.40. The number of halogens is 3. The molecule has 0 spiro atoms. The standard InChI is InChI=1S/C8H11F3N2O2S/c1-6(8(9,10)11)12-16(14,15)7-3-4-13(2)5-7/h3-6,12H,1-2H3/t6-/m1/s1. The van der Waals surface area contributed by atoms with Crippen LogP contribution in [0.3, 0.4) is 0 Å². The molecule has 92 valence electrons. The summed E-state index contributed by atoms with van der Waals surface area (Å²) >= 11 is 0. The maximum absolute atomic E-state index is 12.2. The summed E-state index contributed by atoms with van der Waals surface area (Å²) in [4.78, 5) is -0.189. The number of alkyl halides is 3. The molecule has 1 atom stereocenters. The second kappa shape index (κ2) is 4.10. The number of aromatic nitrogens is 1. The molecular weight excluding hydrogens is 245 g/mol. The van der Waals surface area contributed by atoms with Gasteiger partial charge in [-0.3, -0.25) is 0 Å². The first-order valence-corrected chi connectivity index (χ1v) is 5.82. The first-order valence-electron chi connectivity index (χ1n) is 4.34. The Hall–Kier alpha value is -1.02. The molecule has 0 aliphatic heterocycles. The second-order valence-corrected chi connectivity index (χ2v) is 5.11. The van der Waals surface area contributed by atoms with E-state index in [2.05, 4.69) is 0 Å². The summed E-state index contributed by atoms with van der Waals surface area (Å²) in [5, 5.41) is 0. The highest BCUT2D eigenvalue weighted by molar-refractivity contribution is 7.89. The van der Waals surface area contributed by atoms with Crippen molar-refractivity contribution in [3.8, 4) is 0 Å². The van der Waals surface area contributed by atoms with E-state index in [1.807, 2.05) is 0 Å². The summed E-state index contributed by atoms with van der Waals surface area (Å²) in [6.45, 7) is 0.750. The normalized spacial score (nSPS) is 15.1. The van der Waals surface area contributed by atoms with Gasteiger partial charge in [-0.25, -0.2) is 8.42 Å². The maximum atomic E-state index is 12.2. The van der Waals surface area contributed by atoms with Crippen LogP contribution in [0.1, 0.15) is 6.92 Å². The quantitative estimate of drug-likeness (QED) is 0.885. The van der Waals surface area contributed by atoms with Crippen molar-refractivity contribution in [3.05, 3.63) is 18.5 Å². The minimum atomic E-state index is -4.60. The first kappa shape index (κ1) is 13.0. The average Bonchev–Trinajstić information content (AvgIpc) is 2.49. The van der Waals surface area contributed by atoms with E-state index in [4.69, 9.17) is 0 Å². The zero-order valence-corrected chi connectivity index (χ0v) is 9.43. The lowest BCUT2D eigenvalue weighted by molar-refractivity contribution is -0.147. The lowest BCUT2D eigenvalue weighted by Crippen LogP contribution is -2.42. The molecule has 1 aromatic heterocycles. The summed E-state index contributed by atoms with van der Waals surface area (Å²) in [6, 6.07) is -0.886. The molecule has 0 saturated carbocycles. The monoisotopic (exact) mass is 256 g/mol. The molecule has 0 fully saturated rings. The SMILES string of the molecule is C[C@@H](NS(=O)(=O)c1ccn(C)c1)C(F)(F)F. The fourth-order valence-corrected chi connectivity index (χ4v) is 2.28. The predicted molar refractivity (Wildman–Crippen MR) is 51.3 cm³/mol. The Kier molecular flexibility index (Phi) is 3.34. The van der Waals surface area contributed by atoms with Crippen LogP contribution in [-0.2, 0) is 17.1 Å². The van der Waals surface area contributed by atoms with Gasteiger partial charge in [0.2, 0.25) is 10.0 Å². The van der Waals surface area contributed by atoms with Crippen LogP contribution in [0.25, 0.3) is 0 Å². The zero-order valence-electron chi connectivity index (χ0n) is 8.62. The number of hydrogen-bond donors (Lipinski definition) is 1. The fraction of sp³-hybridized carbons (Fsp3) is 0.500. The Morgan fingerprint density at radius 1 is 1.44 bits per heavy atom. The number of sulfonamides is 1. The minimum absolute atomic E-state index is 0.189. The Bertz CT molecular complexity index is 464.